The van der Waals surface area contributed by atoms with E-state index in [4.69, 9.17) is 4.74 Å². The quantitative estimate of drug-likeness (QED) is 0.609. The van der Waals surface area contributed by atoms with Crippen molar-refractivity contribution in [3.05, 3.63) is 11.3 Å². The van der Waals surface area contributed by atoms with E-state index in [0.717, 1.165) is 31.4 Å². The topological polar surface area (TPSA) is 96.3 Å². The number of ether oxygens (including phenoxy) is 1. The molecule has 8 heteroatoms. The first-order chi connectivity index (χ1) is 11.5. The van der Waals surface area contributed by atoms with Crippen LogP contribution in [0.2, 0.25) is 0 Å². The second kappa shape index (κ2) is 6.96. The molecule has 2 fully saturated rings. The summed E-state index contributed by atoms with van der Waals surface area (Å²) in [5.74, 6) is -1.50. The molecular weight excluding hydrogens is 332 g/mol. The van der Waals surface area contributed by atoms with Crippen LogP contribution in [-0.4, -0.2) is 57.3 Å². The molecule has 1 aliphatic carbocycles. The molecule has 1 saturated heterocycles. The molecule has 2 heterocycles. The maximum absolute atomic E-state index is 12.5. The van der Waals surface area contributed by atoms with Gasteiger partial charge in [-0.25, -0.2) is 4.79 Å². The van der Waals surface area contributed by atoms with Gasteiger partial charge < -0.3 is 9.84 Å². The van der Waals surface area contributed by atoms with Crippen LogP contribution >= 0.6 is 11.8 Å². The highest BCUT2D eigenvalue weighted by Gasteiger charge is 2.53. The molecule has 7 nitrogen and oxygen atoms in total. The molecule has 3 aliphatic rings. The van der Waals surface area contributed by atoms with Crippen LogP contribution in [0, 0.1) is 0 Å². The molecule has 0 aromatic heterocycles. The summed E-state index contributed by atoms with van der Waals surface area (Å²) in [6, 6.07) is -0.479. The van der Waals surface area contributed by atoms with Crippen LogP contribution in [0.3, 0.4) is 0 Å². The van der Waals surface area contributed by atoms with Crippen molar-refractivity contribution in [2.45, 2.75) is 50.4 Å². The summed E-state index contributed by atoms with van der Waals surface area (Å²) in [5, 5.41) is 9.22. The van der Waals surface area contributed by atoms with Gasteiger partial charge in [-0.3, -0.25) is 19.5 Å². The van der Waals surface area contributed by atoms with Gasteiger partial charge in [-0.15, -0.1) is 11.8 Å². The number of nitrogens with zero attached hydrogens (tertiary/aromatic N) is 2. The van der Waals surface area contributed by atoms with Crippen molar-refractivity contribution in [3.8, 4) is 0 Å². The Labute approximate surface area is 144 Å². The zero-order valence-electron chi connectivity index (χ0n) is 13.5. The number of carboxylic acids is 1. The minimum Gasteiger partial charge on any atom is -0.477 e. The molecule has 0 aromatic rings. The second-order valence-electron chi connectivity index (χ2n) is 6.15. The van der Waals surface area contributed by atoms with E-state index < -0.39 is 18.0 Å². The molecule has 1 unspecified atom stereocenters. The van der Waals surface area contributed by atoms with Crippen molar-refractivity contribution in [3.63, 3.8) is 0 Å². The minimum atomic E-state index is -1.17. The van der Waals surface area contributed by atoms with Gasteiger partial charge in [0, 0.05) is 24.0 Å². The van der Waals surface area contributed by atoms with Crippen LogP contribution < -0.4 is 0 Å². The van der Waals surface area contributed by atoms with Crippen molar-refractivity contribution in [1.29, 1.82) is 0 Å². The number of β-lactam (4-membered cyclic amide) rings is 1. The number of amides is 1. The average molecular weight is 352 g/mol. The van der Waals surface area contributed by atoms with Gasteiger partial charge in [-0.1, -0.05) is 6.42 Å². The smallest absolute Gasteiger partial charge is 0.352 e. The SMILES string of the molecule is CC(=O)OCC1=C(C(=O)O)N2C(=O)C(N=C3CCCCC3)[C@@H]2SC1. The Kier molecular flexibility index (Phi) is 4.93. The zero-order valence-corrected chi connectivity index (χ0v) is 14.3. The van der Waals surface area contributed by atoms with Crippen LogP contribution in [0.1, 0.15) is 39.0 Å². The van der Waals surface area contributed by atoms with E-state index >= 15 is 0 Å². The lowest BCUT2D eigenvalue weighted by atomic mass is 9.97. The van der Waals surface area contributed by atoms with Gasteiger partial charge in [-0.2, -0.15) is 0 Å². The summed E-state index contributed by atoms with van der Waals surface area (Å²) in [5.41, 5.74) is 1.48. The van der Waals surface area contributed by atoms with E-state index in [2.05, 4.69) is 4.99 Å². The molecule has 2 atom stereocenters. The van der Waals surface area contributed by atoms with E-state index in [-0.39, 0.29) is 23.6 Å². The van der Waals surface area contributed by atoms with Crippen LogP contribution in [-0.2, 0) is 19.1 Å². The predicted molar refractivity (Wildman–Crippen MR) is 88.7 cm³/mol. The summed E-state index contributed by atoms with van der Waals surface area (Å²) in [4.78, 5) is 40.9. The largest absolute Gasteiger partial charge is 0.477 e. The first-order valence-electron chi connectivity index (χ1n) is 8.08. The van der Waals surface area contributed by atoms with Crippen molar-refractivity contribution in [2.24, 2.45) is 4.99 Å². The normalized spacial score (nSPS) is 26.6. The highest BCUT2D eigenvalue weighted by molar-refractivity contribution is 8.00. The number of esters is 1. The summed E-state index contributed by atoms with van der Waals surface area (Å²) in [7, 11) is 0. The first-order valence-corrected chi connectivity index (χ1v) is 9.13. The third-order valence-electron chi connectivity index (χ3n) is 4.42. The molecule has 0 aromatic carbocycles. The summed E-state index contributed by atoms with van der Waals surface area (Å²) in [6.07, 6.45) is 5.27. The number of rotatable bonds is 4. The fraction of sp³-hybridized carbons (Fsp3) is 0.625. The number of hydrogen-bond donors (Lipinski definition) is 1. The van der Waals surface area contributed by atoms with E-state index in [1.165, 1.54) is 30.0 Å². The number of carbonyl (C=O) groups is 3. The van der Waals surface area contributed by atoms with Crippen LogP contribution in [0.5, 0.6) is 0 Å². The van der Waals surface area contributed by atoms with Crippen LogP contribution in [0.4, 0.5) is 0 Å². The maximum atomic E-state index is 12.5. The lowest BCUT2D eigenvalue weighted by Gasteiger charge is -2.48. The molecule has 1 amide bonds. The van der Waals surface area contributed by atoms with E-state index in [0.29, 0.717) is 11.3 Å². The van der Waals surface area contributed by atoms with Gasteiger partial charge in [0.15, 0.2) is 6.04 Å². The number of fused-ring (bicyclic) bond motifs is 1. The maximum Gasteiger partial charge on any atom is 0.352 e. The number of carboxylic acid groups (broad SMARTS) is 1. The van der Waals surface area contributed by atoms with Crippen LogP contribution in [0.25, 0.3) is 0 Å². The molecule has 24 heavy (non-hydrogen) atoms. The van der Waals surface area contributed by atoms with Crippen molar-refractivity contribution in [1.82, 2.24) is 4.90 Å². The standard InChI is InChI=1S/C16H20N2O5S/c1-9(19)23-7-10-8-24-15-12(17-11-5-3-2-4-6-11)14(20)18(15)13(10)16(21)22/h12,15H,2-8H2,1H3,(H,21,22)/t12?,15-/m0/s1. The Morgan fingerprint density at radius 2 is 2.04 bits per heavy atom. The molecule has 0 spiro atoms. The number of aliphatic imine (C=N–C) groups is 1. The Morgan fingerprint density at radius 3 is 2.67 bits per heavy atom. The number of aliphatic carboxylic acids is 1. The molecule has 0 bridgehead atoms. The summed E-state index contributed by atoms with van der Waals surface area (Å²) in [6.45, 7) is 1.17. The van der Waals surface area contributed by atoms with Crippen LogP contribution in [0.15, 0.2) is 16.3 Å². The van der Waals surface area contributed by atoms with Crippen molar-refractivity contribution >= 4 is 35.3 Å². The molecule has 2 aliphatic heterocycles. The van der Waals surface area contributed by atoms with Gasteiger partial charge in [0.1, 0.15) is 17.7 Å². The zero-order chi connectivity index (χ0) is 17.3. The molecule has 130 valence electrons. The Bertz CT molecular complexity index is 634. The molecular formula is C16H20N2O5S. The van der Waals surface area contributed by atoms with Gasteiger partial charge >= 0.3 is 11.9 Å². The first kappa shape index (κ1) is 17.0. The van der Waals surface area contributed by atoms with Gasteiger partial charge in [0.05, 0.1) is 0 Å². The fourth-order valence-corrected chi connectivity index (χ4v) is 4.54. The third-order valence-corrected chi connectivity index (χ3v) is 5.75. The summed E-state index contributed by atoms with van der Waals surface area (Å²) < 4.78 is 4.91. The van der Waals surface area contributed by atoms with Gasteiger partial charge in [0.25, 0.3) is 5.91 Å². The van der Waals surface area contributed by atoms with Gasteiger partial charge in [0.2, 0.25) is 0 Å². The molecule has 1 saturated carbocycles. The number of thioether (sulfide) groups is 1. The lowest BCUT2D eigenvalue weighted by Crippen LogP contribution is -2.64. The number of hydrogen-bond acceptors (Lipinski definition) is 6. The Hall–Kier alpha value is -1.83. The molecule has 0 radical (unpaired) electrons. The van der Waals surface area contributed by atoms with Gasteiger partial charge in [-0.05, 0) is 25.7 Å². The monoisotopic (exact) mass is 352 g/mol. The number of carbonyl (C=O) groups excluding carboxylic acids is 2. The Morgan fingerprint density at radius 1 is 1.33 bits per heavy atom. The van der Waals surface area contributed by atoms with E-state index in [1.807, 2.05) is 0 Å². The van der Waals surface area contributed by atoms with E-state index in [1.54, 1.807) is 0 Å². The lowest BCUT2D eigenvalue weighted by molar-refractivity contribution is -0.148. The minimum absolute atomic E-state index is 0.0508. The Balaban J connectivity index is 1.78. The molecule has 3 rings (SSSR count). The van der Waals surface area contributed by atoms with E-state index in [9.17, 15) is 19.5 Å². The van der Waals surface area contributed by atoms with Crippen molar-refractivity contribution < 1.29 is 24.2 Å². The third kappa shape index (κ3) is 3.19. The summed E-state index contributed by atoms with van der Waals surface area (Å²) >= 11 is 1.48. The fourth-order valence-electron chi connectivity index (χ4n) is 3.23. The highest BCUT2D eigenvalue weighted by Crippen LogP contribution is 2.42. The highest BCUT2D eigenvalue weighted by atomic mass is 32.2. The predicted octanol–water partition coefficient (Wildman–Crippen LogP) is 1.58. The average Bonchev–Trinajstić information content (AvgIpc) is 2.57. The second-order valence-corrected chi connectivity index (χ2v) is 7.25. The molecule has 1 N–H and O–H groups in total. The van der Waals surface area contributed by atoms with Crippen molar-refractivity contribution in [2.75, 3.05) is 12.4 Å².